The number of piperidine rings is 1. The van der Waals surface area contributed by atoms with E-state index < -0.39 is 0 Å². The lowest BCUT2D eigenvalue weighted by Gasteiger charge is -2.45. The van der Waals surface area contributed by atoms with Crippen LogP contribution in [-0.2, 0) is 0 Å². The summed E-state index contributed by atoms with van der Waals surface area (Å²) >= 11 is 0. The largest absolute Gasteiger partial charge is 0.313 e. The molecule has 1 aliphatic heterocycles. The topological polar surface area (TPSA) is 29.3 Å². The smallest absolute Gasteiger partial charge is 0.0687 e. The Labute approximate surface area is 81.5 Å². The Morgan fingerprint density at radius 1 is 0.769 bits per heavy atom. The molecule has 1 saturated carbocycles. The lowest BCUT2D eigenvalue weighted by molar-refractivity contribution is 0.0386. The summed E-state index contributed by atoms with van der Waals surface area (Å²) in [7, 11) is 0. The zero-order valence-electron chi connectivity index (χ0n) is 8.60. The molecule has 0 radical (unpaired) electrons. The van der Waals surface area contributed by atoms with Gasteiger partial charge in [0.15, 0.2) is 0 Å². The van der Waals surface area contributed by atoms with Gasteiger partial charge in [-0.25, -0.2) is 0 Å². The summed E-state index contributed by atoms with van der Waals surface area (Å²) in [5.41, 5.74) is 6.54. The molecule has 2 aliphatic rings. The van der Waals surface area contributed by atoms with Crippen molar-refractivity contribution in [2.24, 2.45) is 5.73 Å². The number of likely N-dealkylation sites (tertiary alicyclic amines) is 1. The van der Waals surface area contributed by atoms with Gasteiger partial charge in [-0.15, -0.1) is 0 Å². The van der Waals surface area contributed by atoms with Crippen molar-refractivity contribution in [1.82, 2.24) is 4.90 Å². The average molecular weight is 182 g/mol. The maximum Gasteiger partial charge on any atom is 0.0687 e. The first-order chi connectivity index (χ1) is 6.31. The molecule has 76 valence electrons. The van der Waals surface area contributed by atoms with Gasteiger partial charge in [-0.3, -0.25) is 4.90 Å². The van der Waals surface area contributed by atoms with Gasteiger partial charge >= 0.3 is 0 Å². The molecule has 0 aromatic heterocycles. The number of hydrogen-bond acceptors (Lipinski definition) is 2. The van der Waals surface area contributed by atoms with Crippen molar-refractivity contribution in [2.45, 2.75) is 57.0 Å². The molecule has 2 heteroatoms. The van der Waals surface area contributed by atoms with Crippen LogP contribution in [0.15, 0.2) is 0 Å². The van der Waals surface area contributed by atoms with Gasteiger partial charge in [0.2, 0.25) is 0 Å². The van der Waals surface area contributed by atoms with Crippen molar-refractivity contribution in [3.05, 3.63) is 0 Å². The summed E-state index contributed by atoms with van der Waals surface area (Å²) in [5.74, 6) is 0. The fourth-order valence-electron chi connectivity index (χ4n) is 2.82. The highest BCUT2D eigenvalue weighted by Gasteiger charge is 2.34. The van der Waals surface area contributed by atoms with Crippen LogP contribution in [0.2, 0.25) is 0 Å². The molecular formula is C11H22N2. The predicted octanol–water partition coefficient (Wildman–Crippen LogP) is 2.09. The second-order valence-corrected chi connectivity index (χ2v) is 4.71. The Hall–Kier alpha value is -0.0800. The second-order valence-electron chi connectivity index (χ2n) is 4.71. The van der Waals surface area contributed by atoms with Crippen molar-refractivity contribution in [1.29, 1.82) is 0 Å². The third kappa shape index (κ3) is 2.05. The minimum atomic E-state index is 0.0820. The molecule has 0 atom stereocenters. The van der Waals surface area contributed by atoms with Gasteiger partial charge in [-0.1, -0.05) is 25.7 Å². The third-order valence-electron chi connectivity index (χ3n) is 3.71. The standard InChI is InChI=1S/C11H22N2/c12-11(7-3-1-4-8-11)13-9-5-2-6-10-13/h1-10,12H2. The van der Waals surface area contributed by atoms with E-state index in [-0.39, 0.29) is 5.66 Å². The Balaban J connectivity index is 1.94. The van der Waals surface area contributed by atoms with Crippen molar-refractivity contribution in [3.63, 3.8) is 0 Å². The van der Waals surface area contributed by atoms with E-state index in [1.807, 2.05) is 0 Å². The molecule has 0 aromatic rings. The van der Waals surface area contributed by atoms with E-state index in [1.54, 1.807) is 0 Å². The predicted molar refractivity (Wildman–Crippen MR) is 55.4 cm³/mol. The number of hydrogen-bond donors (Lipinski definition) is 1. The van der Waals surface area contributed by atoms with E-state index in [4.69, 9.17) is 5.73 Å². The molecule has 0 spiro atoms. The van der Waals surface area contributed by atoms with E-state index in [0.717, 1.165) is 0 Å². The maximum atomic E-state index is 6.46. The van der Waals surface area contributed by atoms with E-state index in [9.17, 15) is 0 Å². The van der Waals surface area contributed by atoms with Crippen LogP contribution in [0.25, 0.3) is 0 Å². The van der Waals surface area contributed by atoms with Crippen LogP contribution in [0.5, 0.6) is 0 Å². The first kappa shape index (κ1) is 9.47. The monoisotopic (exact) mass is 182 g/mol. The Morgan fingerprint density at radius 2 is 1.31 bits per heavy atom. The number of rotatable bonds is 1. The molecule has 2 fully saturated rings. The van der Waals surface area contributed by atoms with Crippen LogP contribution in [0.1, 0.15) is 51.4 Å². The second kappa shape index (κ2) is 3.97. The Bertz CT molecular complexity index is 155. The van der Waals surface area contributed by atoms with Gasteiger partial charge in [-0.05, 0) is 38.8 Å². The van der Waals surface area contributed by atoms with Crippen LogP contribution in [-0.4, -0.2) is 23.7 Å². The number of nitrogens with zero attached hydrogens (tertiary/aromatic N) is 1. The molecule has 2 N–H and O–H groups in total. The molecule has 13 heavy (non-hydrogen) atoms. The van der Waals surface area contributed by atoms with E-state index in [2.05, 4.69) is 4.90 Å². The molecule has 0 aromatic carbocycles. The third-order valence-corrected chi connectivity index (χ3v) is 3.71. The summed E-state index contributed by atoms with van der Waals surface area (Å²) in [5, 5.41) is 0. The van der Waals surface area contributed by atoms with Gasteiger partial charge in [0, 0.05) is 0 Å². The van der Waals surface area contributed by atoms with Crippen molar-refractivity contribution >= 4 is 0 Å². The van der Waals surface area contributed by atoms with E-state index in [1.165, 1.54) is 64.5 Å². The lowest BCUT2D eigenvalue weighted by Crippen LogP contribution is -2.58. The van der Waals surface area contributed by atoms with Gasteiger partial charge in [0.25, 0.3) is 0 Å². The lowest BCUT2D eigenvalue weighted by atomic mass is 9.87. The van der Waals surface area contributed by atoms with Gasteiger partial charge in [0.1, 0.15) is 0 Å². The normalized spacial score (nSPS) is 30.2. The molecule has 1 aliphatic carbocycles. The first-order valence-corrected chi connectivity index (χ1v) is 5.85. The quantitative estimate of drug-likeness (QED) is 0.673. The number of nitrogens with two attached hydrogens (primary N) is 1. The molecule has 1 saturated heterocycles. The highest BCUT2D eigenvalue weighted by atomic mass is 15.3. The van der Waals surface area contributed by atoms with Crippen LogP contribution in [0.4, 0.5) is 0 Å². The van der Waals surface area contributed by atoms with Crippen molar-refractivity contribution in [2.75, 3.05) is 13.1 Å². The molecule has 1 heterocycles. The molecule has 0 amide bonds. The Morgan fingerprint density at radius 3 is 1.92 bits per heavy atom. The summed E-state index contributed by atoms with van der Waals surface area (Å²) in [6.45, 7) is 2.49. The minimum Gasteiger partial charge on any atom is -0.313 e. The summed E-state index contributed by atoms with van der Waals surface area (Å²) < 4.78 is 0. The highest BCUT2D eigenvalue weighted by molar-refractivity contribution is 4.88. The van der Waals surface area contributed by atoms with Gasteiger partial charge < -0.3 is 5.73 Å². The SMILES string of the molecule is NC1(N2CCCCC2)CCCCC1. The van der Waals surface area contributed by atoms with Gasteiger partial charge in [0.05, 0.1) is 5.66 Å². The molecular weight excluding hydrogens is 160 g/mol. The highest BCUT2D eigenvalue weighted by Crippen LogP contribution is 2.30. The van der Waals surface area contributed by atoms with Crippen molar-refractivity contribution in [3.8, 4) is 0 Å². The van der Waals surface area contributed by atoms with E-state index in [0.29, 0.717) is 0 Å². The maximum absolute atomic E-state index is 6.46. The summed E-state index contributed by atoms with van der Waals surface area (Å²) in [4.78, 5) is 2.55. The zero-order valence-corrected chi connectivity index (χ0v) is 8.60. The fraction of sp³-hybridized carbons (Fsp3) is 1.00. The van der Waals surface area contributed by atoms with Crippen LogP contribution < -0.4 is 5.73 Å². The van der Waals surface area contributed by atoms with Crippen LogP contribution >= 0.6 is 0 Å². The Kier molecular flexibility index (Phi) is 2.89. The average Bonchev–Trinajstić information content (AvgIpc) is 2.20. The van der Waals surface area contributed by atoms with Gasteiger partial charge in [-0.2, -0.15) is 0 Å². The minimum absolute atomic E-state index is 0.0820. The van der Waals surface area contributed by atoms with Crippen LogP contribution in [0, 0.1) is 0 Å². The molecule has 0 bridgehead atoms. The fourth-order valence-corrected chi connectivity index (χ4v) is 2.82. The zero-order chi connectivity index (χ0) is 9.15. The van der Waals surface area contributed by atoms with Crippen molar-refractivity contribution < 1.29 is 0 Å². The summed E-state index contributed by atoms with van der Waals surface area (Å²) in [6.07, 6.45) is 10.7. The summed E-state index contributed by atoms with van der Waals surface area (Å²) in [6, 6.07) is 0. The molecule has 2 rings (SSSR count). The van der Waals surface area contributed by atoms with E-state index >= 15 is 0 Å². The molecule has 2 nitrogen and oxygen atoms in total. The first-order valence-electron chi connectivity index (χ1n) is 5.85. The molecule has 0 unspecified atom stereocenters. The van der Waals surface area contributed by atoms with Crippen LogP contribution in [0.3, 0.4) is 0 Å².